The number of aromatic nitrogens is 2. The Bertz CT molecular complexity index is 869. The minimum atomic E-state index is 0.514. The molecule has 0 unspecified atom stereocenters. The average Bonchev–Trinajstić information content (AvgIpc) is 2.91. The van der Waals surface area contributed by atoms with E-state index in [0.29, 0.717) is 11.7 Å². The van der Waals surface area contributed by atoms with Crippen LogP contribution in [0.2, 0.25) is 5.02 Å². The van der Waals surface area contributed by atoms with Gasteiger partial charge in [0.15, 0.2) is 10.9 Å². The number of anilines is 2. The maximum Gasteiger partial charge on any atom is 0.176 e. The number of nitrogens with zero attached hydrogens (tertiary/aromatic N) is 2. The standard InChI is InChI=1S/C19H19ClN4S/c1-13-3-9-17(10-4-13)21-19(25)22-18-11-14(2)24(23-18)12-15-5-7-16(20)8-6-15/h3-11H,12H2,1-2H3,(H2,21,22,23,25). The molecule has 2 aromatic carbocycles. The summed E-state index contributed by atoms with van der Waals surface area (Å²) in [7, 11) is 0. The highest BCUT2D eigenvalue weighted by atomic mass is 35.5. The molecular weight excluding hydrogens is 352 g/mol. The van der Waals surface area contributed by atoms with E-state index in [-0.39, 0.29) is 0 Å². The van der Waals surface area contributed by atoms with E-state index >= 15 is 0 Å². The van der Waals surface area contributed by atoms with Gasteiger partial charge in [-0.3, -0.25) is 4.68 Å². The SMILES string of the molecule is Cc1ccc(NC(=S)Nc2cc(C)n(Cc3ccc(Cl)cc3)n2)cc1. The topological polar surface area (TPSA) is 41.9 Å². The summed E-state index contributed by atoms with van der Waals surface area (Å²) in [5, 5.41) is 12.1. The van der Waals surface area contributed by atoms with E-state index in [1.54, 1.807) is 0 Å². The first-order valence-corrected chi connectivity index (χ1v) is 8.72. The van der Waals surface area contributed by atoms with Gasteiger partial charge in [-0.2, -0.15) is 5.10 Å². The Hall–Kier alpha value is -2.37. The van der Waals surface area contributed by atoms with Crippen molar-refractivity contribution in [2.24, 2.45) is 0 Å². The first-order chi connectivity index (χ1) is 12.0. The van der Waals surface area contributed by atoms with Crippen LogP contribution in [0.1, 0.15) is 16.8 Å². The van der Waals surface area contributed by atoms with Gasteiger partial charge in [-0.05, 0) is 55.9 Å². The molecule has 3 aromatic rings. The second-order valence-corrected chi connectivity index (χ2v) is 6.74. The van der Waals surface area contributed by atoms with Crippen molar-refractivity contribution >= 4 is 40.4 Å². The smallest absolute Gasteiger partial charge is 0.176 e. The van der Waals surface area contributed by atoms with Crippen molar-refractivity contribution in [3.8, 4) is 0 Å². The van der Waals surface area contributed by atoms with E-state index in [0.717, 1.165) is 27.8 Å². The predicted octanol–water partition coefficient (Wildman–Crippen LogP) is 5.01. The molecule has 1 aromatic heterocycles. The van der Waals surface area contributed by atoms with Crippen LogP contribution >= 0.6 is 23.8 Å². The van der Waals surface area contributed by atoms with E-state index in [4.69, 9.17) is 23.8 Å². The van der Waals surface area contributed by atoms with Crippen molar-refractivity contribution in [3.05, 3.63) is 76.4 Å². The summed E-state index contributed by atoms with van der Waals surface area (Å²) in [5.41, 5.74) is 4.35. The van der Waals surface area contributed by atoms with Gasteiger partial charge in [0.2, 0.25) is 0 Å². The lowest BCUT2D eigenvalue weighted by atomic mass is 10.2. The van der Waals surface area contributed by atoms with Crippen LogP contribution in [-0.4, -0.2) is 14.9 Å². The third-order valence-electron chi connectivity index (χ3n) is 3.78. The lowest BCUT2D eigenvalue weighted by Gasteiger charge is -2.09. The fourth-order valence-corrected chi connectivity index (χ4v) is 2.76. The normalized spacial score (nSPS) is 10.5. The molecule has 128 valence electrons. The third-order valence-corrected chi connectivity index (χ3v) is 4.23. The van der Waals surface area contributed by atoms with E-state index in [1.165, 1.54) is 5.56 Å². The molecule has 25 heavy (non-hydrogen) atoms. The van der Waals surface area contributed by atoms with Gasteiger partial charge in [-0.15, -0.1) is 0 Å². The van der Waals surface area contributed by atoms with Crippen molar-refractivity contribution in [3.63, 3.8) is 0 Å². The van der Waals surface area contributed by atoms with Gasteiger partial charge in [0.25, 0.3) is 0 Å². The Morgan fingerprint density at radius 1 is 1.04 bits per heavy atom. The van der Waals surface area contributed by atoms with Crippen LogP contribution < -0.4 is 10.6 Å². The molecular formula is C19H19ClN4S. The highest BCUT2D eigenvalue weighted by Crippen LogP contribution is 2.15. The van der Waals surface area contributed by atoms with Crippen LogP contribution in [0.4, 0.5) is 11.5 Å². The van der Waals surface area contributed by atoms with Gasteiger partial charge in [0, 0.05) is 22.5 Å². The first-order valence-electron chi connectivity index (χ1n) is 7.93. The number of halogens is 1. The molecule has 4 nitrogen and oxygen atoms in total. The third kappa shape index (κ3) is 4.81. The van der Waals surface area contributed by atoms with Crippen LogP contribution in [0, 0.1) is 13.8 Å². The molecule has 0 bridgehead atoms. The molecule has 0 atom stereocenters. The van der Waals surface area contributed by atoms with Crippen molar-refractivity contribution in [1.29, 1.82) is 0 Å². The van der Waals surface area contributed by atoms with Gasteiger partial charge in [-0.1, -0.05) is 41.4 Å². The largest absolute Gasteiger partial charge is 0.332 e. The number of benzene rings is 2. The zero-order valence-corrected chi connectivity index (χ0v) is 15.7. The summed E-state index contributed by atoms with van der Waals surface area (Å²) in [4.78, 5) is 0. The lowest BCUT2D eigenvalue weighted by molar-refractivity contribution is 0.668. The quantitative estimate of drug-likeness (QED) is 0.633. The van der Waals surface area contributed by atoms with E-state index < -0.39 is 0 Å². The minimum Gasteiger partial charge on any atom is -0.332 e. The summed E-state index contributed by atoms with van der Waals surface area (Å²) >= 11 is 11.3. The summed E-state index contributed by atoms with van der Waals surface area (Å²) in [6, 6.07) is 17.8. The Balaban J connectivity index is 1.64. The van der Waals surface area contributed by atoms with Crippen molar-refractivity contribution < 1.29 is 0 Å². The number of aryl methyl sites for hydroxylation is 2. The fraction of sp³-hybridized carbons (Fsp3) is 0.158. The van der Waals surface area contributed by atoms with Gasteiger partial charge in [-0.25, -0.2) is 0 Å². The zero-order chi connectivity index (χ0) is 17.8. The Kier molecular flexibility index (Phi) is 5.36. The molecule has 0 saturated carbocycles. The van der Waals surface area contributed by atoms with Crippen LogP contribution in [0.3, 0.4) is 0 Å². The highest BCUT2D eigenvalue weighted by molar-refractivity contribution is 7.80. The van der Waals surface area contributed by atoms with E-state index in [1.807, 2.05) is 66.2 Å². The number of nitrogens with one attached hydrogen (secondary N) is 2. The molecule has 6 heteroatoms. The molecule has 0 saturated heterocycles. The fourth-order valence-electron chi connectivity index (χ4n) is 2.41. The summed E-state index contributed by atoms with van der Waals surface area (Å²) in [6.45, 7) is 4.75. The van der Waals surface area contributed by atoms with Gasteiger partial charge in [0.05, 0.1) is 6.54 Å². The van der Waals surface area contributed by atoms with Crippen molar-refractivity contribution in [1.82, 2.24) is 9.78 Å². The number of hydrogen-bond acceptors (Lipinski definition) is 2. The predicted molar refractivity (Wildman–Crippen MR) is 109 cm³/mol. The Labute approximate surface area is 157 Å². The second kappa shape index (κ2) is 7.68. The molecule has 0 radical (unpaired) electrons. The van der Waals surface area contributed by atoms with E-state index in [9.17, 15) is 0 Å². The highest BCUT2D eigenvalue weighted by Gasteiger charge is 2.07. The first kappa shape index (κ1) is 17.5. The molecule has 0 aliphatic heterocycles. The maximum absolute atomic E-state index is 5.93. The molecule has 0 fully saturated rings. The van der Waals surface area contributed by atoms with E-state index in [2.05, 4.69) is 22.7 Å². The average molecular weight is 371 g/mol. The number of thiocarbonyl (C=S) groups is 1. The molecule has 1 heterocycles. The molecule has 2 N–H and O–H groups in total. The van der Waals surface area contributed by atoms with Crippen LogP contribution in [0.25, 0.3) is 0 Å². The maximum atomic E-state index is 5.93. The molecule has 0 amide bonds. The summed E-state index contributed by atoms with van der Waals surface area (Å²) < 4.78 is 1.93. The second-order valence-electron chi connectivity index (χ2n) is 5.90. The Morgan fingerprint density at radius 3 is 2.40 bits per heavy atom. The van der Waals surface area contributed by atoms with Crippen LogP contribution in [0.15, 0.2) is 54.6 Å². The summed E-state index contributed by atoms with van der Waals surface area (Å²) in [5.74, 6) is 0.719. The van der Waals surface area contributed by atoms with Gasteiger partial charge in [0.1, 0.15) is 0 Å². The molecule has 0 aliphatic rings. The minimum absolute atomic E-state index is 0.514. The molecule has 0 spiro atoms. The zero-order valence-electron chi connectivity index (χ0n) is 14.1. The number of hydrogen-bond donors (Lipinski definition) is 2. The van der Waals surface area contributed by atoms with Crippen LogP contribution in [0.5, 0.6) is 0 Å². The van der Waals surface area contributed by atoms with Gasteiger partial charge < -0.3 is 10.6 Å². The van der Waals surface area contributed by atoms with Crippen molar-refractivity contribution in [2.45, 2.75) is 20.4 Å². The van der Waals surface area contributed by atoms with Gasteiger partial charge >= 0.3 is 0 Å². The summed E-state index contributed by atoms with van der Waals surface area (Å²) in [6.07, 6.45) is 0. The molecule has 0 aliphatic carbocycles. The van der Waals surface area contributed by atoms with Crippen LogP contribution in [-0.2, 0) is 6.54 Å². The lowest BCUT2D eigenvalue weighted by Crippen LogP contribution is -2.19. The molecule has 3 rings (SSSR count). The number of rotatable bonds is 4. The monoisotopic (exact) mass is 370 g/mol. The Morgan fingerprint density at radius 2 is 1.72 bits per heavy atom. The van der Waals surface area contributed by atoms with Crippen molar-refractivity contribution in [2.75, 3.05) is 10.6 Å².